The highest BCUT2D eigenvalue weighted by molar-refractivity contribution is 6.01. The van der Waals surface area contributed by atoms with E-state index >= 15 is 0 Å². The zero-order valence-electron chi connectivity index (χ0n) is 16.6. The van der Waals surface area contributed by atoms with Crippen molar-refractivity contribution in [2.75, 3.05) is 49.7 Å². The monoisotopic (exact) mass is 427 g/mol. The summed E-state index contributed by atoms with van der Waals surface area (Å²) in [6.45, 7) is 2.36. The minimum Gasteiger partial charge on any atom is -0.454 e. The standard InChI is InChI=1S/C20H21N5O6/c26-19(22-20(27)21-14-5-6-17-18(11-14)31-13-30-17)12-23-7-9-24(10-8-23)15-3-1-2-4-16(15)25(28)29/h1-6,11H,7-10,12-13H2,(H2,21,22,26,27). The summed E-state index contributed by atoms with van der Waals surface area (Å²) in [4.78, 5) is 39.0. The lowest BCUT2D eigenvalue weighted by Gasteiger charge is -2.35. The number of carbonyl (C=O) groups excluding carboxylic acids is 2. The first-order valence-electron chi connectivity index (χ1n) is 9.71. The van der Waals surface area contributed by atoms with Crippen LogP contribution in [0.2, 0.25) is 0 Å². The van der Waals surface area contributed by atoms with Gasteiger partial charge in [-0.1, -0.05) is 12.1 Å². The molecule has 0 saturated carbocycles. The maximum atomic E-state index is 12.2. The largest absolute Gasteiger partial charge is 0.454 e. The summed E-state index contributed by atoms with van der Waals surface area (Å²) in [5.41, 5.74) is 1.11. The summed E-state index contributed by atoms with van der Waals surface area (Å²) in [7, 11) is 0. The van der Waals surface area contributed by atoms with Crippen LogP contribution in [0.1, 0.15) is 0 Å². The second kappa shape index (κ2) is 8.88. The number of nitrogens with zero attached hydrogens (tertiary/aromatic N) is 3. The highest BCUT2D eigenvalue weighted by atomic mass is 16.7. The van der Waals surface area contributed by atoms with Gasteiger partial charge in [0.05, 0.1) is 11.5 Å². The molecule has 1 fully saturated rings. The van der Waals surface area contributed by atoms with E-state index in [4.69, 9.17) is 9.47 Å². The predicted molar refractivity (Wildman–Crippen MR) is 111 cm³/mol. The molecule has 0 atom stereocenters. The maximum absolute atomic E-state index is 12.2. The van der Waals surface area contributed by atoms with Gasteiger partial charge in [-0.2, -0.15) is 0 Å². The van der Waals surface area contributed by atoms with Crippen LogP contribution >= 0.6 is 0 Å². The molecule has 0 radical (unpaired) electrons. The van der Waals surface area contributed by atoms with Crippen molar-refractivity contribution < 1.29 is 24.0 Å². The first-order valence-corrected chi connectivity index (χ1v) is 9.71. The smallest absolute Gasteiger partial charge is 0.325 e. The molecular weight excluding hydrogens is 406 g/mol. The number of nitrogens with one attached hydrogen (secondary N) is 2. The van der Waals surface area contributed by atoms with E-state index in [0.717, 1.165) is 0 Å². The van der Waals surface area contributed by atoms with Crippen molar-refractivity contribution in [3.8, 4) is 11.5 Å². The maximum Gasteiger partial charge on any atom is 0.325 e. The summed E-state index contributed by atoms with van der Waals surface area (Å²) in [6, 6.07) is 10.9. The van der Waals surface area contributed by atoms with Crippen LogP contribution in [0.4, 0.5) is 21.9 Å². The minimum absolute atomic E-state index is 0.0548. The lowest BCUT2D eigenvalue weighted by molar-refractivity contribution is -0.384. The van der Waals surface area contributed by atoms with Gasteiger partial charge in [0.25, 0.3) is 5.69 Å². The molecule has 11 nitrogen and oxygen atoms in total. The van der Waals surface area contributed by atoms with Crippen molar-refractivity contribution in [1.29, 1.82) is 0 Å². The van der Waals surface area contributed by atoms with Gasteiger partial charge >= 0.3 is 6.03 Å². The van der Waals surface area contributed by atoms with Crippen molar-refractivity contribution in [2.24, 2.45) is 0 Å². The van der Waals surface area contributed by atoms with Crippen LogP contribution in [-0.4, -0.2) is 61.3 Å². The Bertz CT molecular complexity index is 1010. The van der Waals surface area contributed by atoms with Gasteiger partial charge in [0.2, 0.25) is 12.7 Å². The summed E-state index contributed by atoms with van der Waals surface area (Å²) in [6.07, 6.45) is 0. The predicted octanol–water partition coefficient (Wildman–Crippen LogP) is 1.79. The number of rotatable bonds is 5. The van der Waals surface area contributed by atoms with Crippen LogP contribution in [0.25, 0.3) is 0 Å². The molecular formula is C20H21N5O6. The molecule has 0 spiro atoms. The van der Waals surface area contributed by atoms with Crippen LogP contribution in [-0.2, 0) is 4.79 Å². The number of benzene rings is 2. The minimum atomic E-state index is -0.637. The number of hydrogen-bond donors (Lipinski definition) is 2. The second-order valence-electron chi connectivity index (χ2n) is 7.08. The van der Waals surface area contributed by atoms with Gasteiger partial charge < -0.3 is 19.7 Å². The van der Waals surface area contributed by atoms with Gasteiger partial charge in [-0.3, -0.25) is 25.1 Å². The summed E-state index contributed by atoms with van der Waals surface area (Å²) >= 11 is 0. The molecule has 0 bridgehead atoms. The molecule has 0 aromatic heterocycles. The number of ether oxygens (including phenoxy) is 2. The fraction of sp³-hybridized carbons (Fsp3) is 0.300. The Morgan fingerprint density at radius 3 is 2.55 bits per heavy atom. The number of carbonyl (C=O) groups is 2. The van der Waals surface area contributed by atoms with Gasteiger partial charge in [0.15, 0.2) is 11.5 Å². The Morgan fingerprint density at radius 1 is 1.03 bits per heavy atom. The van der Waals surface area contributed by atoms with Crippen molar-refractivity contribution in [3.05, 3.63) is 52.6 Å². The van der Waals surface area contributed by atoms with Crippen molar-refractivity contribution >= 4 is 29.0 Å². The number of para-hydroxylation sites is 2. The Balaban J connectivity index is 1.25. The molecule has 2 N–H and O–H groups in total. The average Bonchev–Trinajstić information content (AvgIpc) is 3.22. The highest BCUT2D eigenvalue weighted by Crippen LogP contribution is 2.34. The molecule has 2 heterocycles. The lowest BCUT2D eigenvalue weighted by Crippen LogP contribution is -2.50. The quantitative estimate of drug-likeness (QED) is 0.546. The van der Waals surface area contributed by atoms with E-state index < -0.39 is 16.9 Å². The molecule has 2 aliphatic rings. The van der Waals surface area contributed by atoms with Crippen LogP contribution in [0.15, 0.2) is 42.5 Å². The van der Waals surface area contributed by atoms with Gasteiger partial charge in [-0.15, -0.1) is 0 Å². The Hall–Kier alpha value is -3.86. The van der Waals surface area contributed by atoms with E-state index in [9.17, 15) is 19.7 Å². The third-order valence-electron chi connectivity index (χ3n) is 5.04. The molecule has 3 amide bonds. The topological polar surface area (TPSA) is 126 Å². The second-order valence-corrected chi connectivity index (χ2v) is 7.08. The average molecular weight is 427 g/mol. The molecule has 4 rings (SSSR count). The molecule has 2 aromatic carbocycles. The van der Waals surface area contributed by atoms with E-state index in [0.29, 0.717) is 49.1 Å². The Morgan fingerprint density at radius 2 is 1.77 bits per heavy atom. The fourth-order valence-electron chi connectivity index (χ4n) is 3.54. The molecule has 2 aliphatic heterocycles. The first kappa shape index (κ1) is 20.4. The van der Waals surface area contributed by atoms with E-state index in [1.807, 2.05) is 9.80 Å². The summed E-state index contributed by atoms with van der Waals surface area (Å²) in [5, 5.41) is 16.1. The molecule has 1 saturated heterocycles. The molecule has 162 valence electrons. The van der Waals surface area contributed by atoms with Crippen molar-refractivity contribution in [1.82, 2.24) is 10.2 Å². The molecule has 0 unspecified atom stereocenters. The summed E-state index contributed by atoms with van der Waals surface area (Å²) < 4.78 is 10.5. The third-order valence-corrected chi connectivity index (χ3v) is 5.04. The van der Waals surface area contributed by atoms with Gasteiger partial charge in [0, 0.05) is 44.0 Å². The number of imide groups is 1. The zero-order chi connectivity index (χ0) is 21.8. The van der Waals surface area contributed by atoms with Crippen LogP contribution in [0.5, 0.6) is 11.5 Å². The number of anilines is 2. The van der Waals surface area contributed by atoms with E-state index in [-0.39, 0.29) is 19.0 Å². The van der Waals surface area contributed by atoms with Crippen LogP contribution < -0.4 is 25.0 Å². The van der Waals surface area contributed by atoms with E-state index in [1.54, 1.807) is 36.4 Å². The van der Waals surface area contributed by atoms with Crippen LogP contribution in [0.3, 0.4) is 0 Å². The van der Waals surface area contributed by atoms with E-state index in [2.05, 4.69) is 10.6 Å². The first-order chi connectivity index (χ1) is 15.0. The van der Waals surface area contributed by atoms with Crippen molar-refractivity contribution in [2.45, 2.75) is 0 Å². The van der Waals surface area contributed by atoms with Crippen molar-refractivity contribution in [3.63, 3.8) is 0 Å². The third kappa shape index (κ3) is 4.83. The van der Waals surface area contributed by atoms with Gasteiger partial charge in [-0.05, 0) is 18.2 Å². The number of hydrogen-bond acceptors (Lipinski definition) is 8. The van der Waals surface area contributed by atoms with Crippen LogP contribution in [0, 0.1) is 10.1 Å². The molecule has 11 heteroatoms. The normalized spacial score (nSPS) is 15.4. The number of nitro groups is 1. The Kier molecular flexibility index (Phi) is 5.85. The number of piperazine rings is 1. The molecule has 0 aliphatic carbocycles. The number of urea groups is 1. The summed E-state index contributed by atoms with van der Waals surface area (Å²) in [5.74, 6) is 0.694. The number of fused-ring (bicyclic) bond motifs is 1. The fourth-order valence-corrected chi connectivity index (χ4v) is 3.54. The number of amides is 3. The van der Waals surface area contributed by atoms with E-state index in [1.165, 1.54) is 6.07 Å². The SMILES string of the molecule is O=C(CN1CCN(c2ccccc2[N+](=O)[O-])CC1)NC(=O)Nc1ccc2c(c1)OCO2. The Labute approximate surface area is 177 Å². The van der Waals surface area contributed by atoms with Gasteiger partial charge in [-0.25, -0.2) is 4.79 Å². The zero-order valence-corrected chi connectivity index (χ0v) is 16.6. The molecule has 31 heavy (non-hydrogen) atoms. The lowest BCUT2D eigenvalue weighted by atomic mass is 10.2. The van der Waals surface area contributed by atoms with Gasteiger partial charge in [0.1, 0.15) is 5.69 Å². The number of nitro benzene ring substituents is 1. The molecule has 2 aromatic rings. The highest BCUT2D eigenvalue weighted by Gasteiger charge is 2.24.